The van der Waals surface area contributed by atoms with Gasteiger partial charge in [-0.15, -0.1) is 0 Å². The third-order valence-corrected chi connectivity index (χ3v) is 10.1. The van der Waals surface area contributed by atoms with Gasteiger partial charge in [-0.2, -0.15) is 4.98 Å². The summed E-state index contributed by atoms with van der Waals surface area (Å²) in [6, 6.07) is 19.5. The summed E-state index contributed by atoms with van der Waals surface area (Å²) >= 11 is 0. The van der Waals surface area contributed by atoms with Gasteiger partial charge in [0, 0.05) is 62.1 Å². The van der Waals surface area contributed by atoms with E-state index in [4.69, 9.17) is 14.7 Å². The SMILES string of the molecule is CN(C)c1cccc2c(S(=O)(=O)NC[C@H]3CC[C@H](CNc4nc(N5CCOCC5)c5ccccc5n4)CC3)cccc12. The molecule has 10 heteroatoms. The van der Waals surface area contributed by atoms with E-state index >= 15 is 0 Å². The summed E-state index contributed by atoms with van der Waals surface area (Å²) in [5.41, 5.74) is 1.94. The topological polar surface area (TPSA) is 99.7 Å². The first-order valence-corrected chi connectivity index (χ1v) is 16.4. The van der Waals surface area contributed by atoms with Crippen LogP contribution in [0.3, 0.4) is 0 Å². The van der Waals surface area contributed by atoms with Crippen LogP contribution in [0.4, 0.5) is 17.5 Å². The highest BCUT2D eigenvalue weighted by atomic mass is 32.2. The fourth-order valence-corrected chi connectivity index (χ4v) is 7.56. The van der Waals surface area contributed by atoms with Gasteiger partial charge >= 0.3 is 0 Å². The molecule has 1 aliphatic carbocycles. The lowest BCUT2D eigenvalue weighted by atomic mass is 9.82. The van der Waals surface area contributed by atoms with Gasteiger partial charge in [-0.25, -0.2) is 18.1 Å². The van der Waals surface area contributed by atoms with E-state index in [0.717, 1.165) is 78.5 Å². The molecule has 4 aromatic rings. The molecule has 2 aliphatic rings. The smallest absolute Gasteiger partial charge is 0.241 e. The zero-order valence-corrected chi connectivity index (χ0v) is 25.2. The minimum atomic E-state index is -3.63. The molecule has 0 bridgehead atoms. The number of sulfonamides is 1. The van der Waals surface area contributed by atoms with Crippen LogP contribution in [0.15, 0.2) is 65.6 Å². The average molecular weight is 589 g/mol. The first kappa shape index (κ1) is 28.6. The van der Waals surface area contributed by atoms with Crippen molar-refractivity contribution in [3.05, 3.63) is 60.7 Å². The summed E-state index contributed by atoms with van der Waals surface area (Å²) < 4.78 is 35.2. The van der Waals surface area contributed by atoms with Gasteiger partial charge < -0.3 is 19.9 Å². The molecular weight excluding hydrogens is 548 g/mol. The molecule has 42 heavy (non-hydrogen) atoms. The lowest BCUT2D eigenvalue weighted by molar-refractivity contribution is 0.122. The molecule has 2 N–H and O–H groups in total. The third-order valence-electron chi connectivity index (χ3n) is 8.60. The van der Waals surface area contributed by atoms with Crippen LogP contribution in [0, 0.1) is 11.8 Å². The summed E-state index contributed by atoms with van der Waals surface area (Å²) in [5.74, 6) is 2.46. The fraction of sp³-hybridized carbons (Fsp3) is 0.438. The number of nitrogens with zero attached hydrogens (tertiary/aromatic N) is 4. The molecule has 1 saturated carbocycles. The number of hydrogen-bond donors (Lipinski definition) is 2. The maximum absolute atomic E-state index is 13.4. The number of aromatic nitrogens is 2. The predicted octanol–water partition coefficient (Wildman–Crippen LogP) is 4.88. The molecule has 0 spiro atoms. The fourth-order valence-electron chi connectivity index (χ4n) is 6.22. The van der Waals surface area contributed by atoms with Gasteiger partial charge in [-0.05, 0) is 61.8 Å². The Hall–Kier alpha value is -3.47. The van der Waals surface area contributed by atoms with E-state index < -0.39 is 10.0 Å². The van der Waals surface area contributed by atoms with Crippen LogP contribution in [0.25, 0.3) is 21.7 Å². The molecule has 1 aromatic heterocycles. The van der Waals surface area contributed by atoms with Crippen molar-refractivity contribution in [1.82, 2.24) is 14.7 Å². The number of morpholine rings is 1. The van der Waals surface area contributed by atoms with E-state index in [9.17, 15) is 8.42 Å². The number of nitrogens with one attached hydrogen (secondary N) is 2. The molecule has 9 nitrogen and oxygen atoms in total. The first-order valence-electron chi connectivity index (χ1n) is 14.9. The second kappa shape index (κ2) is 12.4. The maximum atomic E-state index is 13.4. The number of ether oxygens (including phenoxy) is 1. The molecule has 0 radical (unpaired) electrons. The van der Waals surface area contributed by atoms with Crippen LogP contribution < -0.4 is 19.8 Å². The first-order chi connectivity index (χ1) is 20.4. The Morgan fingerprint density at radius 2 is 1.50 bits per heavy atom. The molecule has 0 amide bonds. The van der Waals surface area contributed by atoms with E-state index in [1.807, 2.05) is 67.5 Å². The van der Waals surface area contributed by atoms with Crippen LogP contribution in [-0.4, -0.2) is 71.9 Å². The summed E-state index contributed by atoms with van der Waals surface area (Å²) in [6.45, 7) is 4.34. The van der Waals surface area contributed by atoms with Gasteiger partial charge in [0.2, 0.25) is 16.0 Å². The number of rotatable bonds is 9. The molecule has 1 aliphatic heterocycles. The lowest BCUT2D eigenvalue weighted by Gasteiger charge is -2.30. The van der Waals surface area contributed by atoms with Crippen molar-refractivity contribution in [1.29, 1.82) is 0 Å². The Labute approximate surface area is 248 Å². The van der Waals surface area contributed by atoms with Gasteiger partial charge in [0.05, 0.1) is 23.6 Å². The Morgan fingerprint density at radius 3 is 2.26 bits per heavy atom. The number of anilines is 3. The Balaban J connectivity index is 1.05. The molecule has 3 aromatic carbocycles. The quantitative estimate of drug-likeness (QED) is 0.285. The second-order valence-electron chi connectivity index (χ2n) is 11.6. The number of hydrogen-bond acceptors (Lipinski definition) is 8. The number of para-hydroxylation sites is 1. The average Bonchev–Trinajstić information content (AvgIpc) is 3.02. The normalized spacial score (nSPS) is 19.7. The molecule has 0 atom stereocenters. The van der Waals surface area contributed by atoms with E-state index in [2.05, 4.69) is 21.0 Å². The molecule has 0 unspecified atom stereocenters. The van der Waals surface area contributed by atoms with Crippen LogP contribution in [0.1, 0.15) is 25.7 Å². The predicted molar refractivity (Wildman–Crippen MR) is 170 cm³/mol. The Bertz CT molecular complexity index is 1650. The van der Waals surface area contributed by atoms with E-state index in [1.165, 1.54) is 0 Å². The zero-order valence-electron chi connectivity index (χ0n) is 24.4. The zero-order chi connectivity index (χ0) is 29.1. The maximum Gasteiger partial charge on any atom is 0.241 e. The second-order valence-corrected chi connectivity index (χ2v) is 13.4. The Morgan fingerprint density at radius 1 is 0.833 bits per heavy atom. The standard InChI is InChI=1S/C32H40N6O3S/c1-37(2)29-11-5-9-26-25(29)8-6-12-30(26)42(39,40)34-22-24-15-13-23(14-16-24)21-33-32-35-28-10-4-3-7-27(28)31(36-32)38-17-19-41-20-18-38/h3-12,23-24,34H,13-22H2,1-2H3,(H,33,35,36)/t23-,24-. The Kier molecular flexibility index (Phi) is 8.46. The van der Waals surface area contributed by atoms with Crippen molar-refractivity contribution in [3.63, 3.8) is 0 Å². The highest BCUT2D eigenvalue weighted by Gasteiger charge is 2.25. The van der Waals surface area contributed by atoms with Crippen LogP contribution in [0.5, 0.6) is 0 Å². The van der Waals surface area contributed by atoms with E-state index in [0.29, 0.717) is 42.4 Å². The largest absolute Gasteiger partial charge is 0.378 e. The van der Waals surface area contributed by atoms with Crippen LogP contribution in [-0.2, 0) is 14.8 Å². The van der Waals surface area contributed by atoms with Gasteiger partial charge in [0.25, 0.3) is 0 Å². The van der Waals surface area contributed by atoms with Gasteiger partial charge in [0.15, 0.2) is 0 Å². The van der Waals surface area contributed by atoms with Crippen molar-refractivity contribution in [2.24, 2.45) is 11.8 Å². The molecule has 222 valence electrons. The van der Waals surface area contributed by atoms with Gasteiger partial charge in [0.1, 0.15) is 5.82 Å². The van der Waals surface area contributed by atoms with Crippen molar-refractivity contribution in [2.45, 2.75) is 30.6 Å². The highest BCUT2D eigenvalue weighted by molar-refractivity contribution is 7.89. The number of benzene rings is 3. The number of fused-ring (bicyclic) bond motifs is 2. The van der Waals surface area contributed by atoms with Crippen molar-refractivity contribution < 1.29 is 13.2 Å². The third kappa shape index (κ3) is 6.16. The minimum Gasteiger partial charge on any atom is -0.378 e. The van der Waals surface area contributed by atoms with Crippen molar-refractivity contribution in [2.75, 3.05) is 68.6 Å². The molecule has 1 saturated heterocycles. The van der Waals surface area contributed by atoms with Crippen molar-refractivity contribution in [3.8, 4) is 0 Å². The highest BCUT2D eigenvalue weighted by Crippen LogP contribution is 2.32. The molecule has 2 heterocycles. The monoisotopic (exact) mass is 588 g/mol. The van der Waals surface area contributed by atoms with Crippen LogP contribution >= 0.6 is 0 Å². The van der Waals surface area contributed by atoms with Crippen molar-refractivity contribution >= 4 is 49.2 Å². The lowest BCUT2D eigenvalue weighted by Crippen LogP contribution is -2.37. The van der Waals surface area contributed by atoms with E-state index in [-0.39, 0.29) is 0 Å². The van der Waals surface area contributed by atoms with Gasteiger partial charge in [-0.1, -0.05) is 36.4 Å². The molecule has 6 rings (SSSR count). The molecular formula is C32H40N6O3S. The summed E-state index contributed by atoms with van der Waals surface area (Å²) in [4.78, 5) is 14.3. The van der Waals surface area contributed by atoms with Crippen LogP contribution in [0.2, 0.25) is 0 Å². The molecule has 2 fully saturated rings. The summed E-state index contributed by atoms with van der Waals surface area (Å²) in [5, 5.41) is 6.26. The van der Waals surface area contributed by atoms with Gasteiger partial charge in [-0.3, -0.25) is 0 Å². The minimum absolute atomic E-state index is 0.327. The van der Waals surface area contributed by atoms with E-state index in [1.54, 1.807) is 6.07 Å². The summed E-state index contributed by atoms with van der Waals surface area (Å²) in [7, 11) is 0.311. The summed E-state index contributed by atoms with van der Waals surface area (Å²) in [6.07, 6.45) is 4.08.